The van der Waals surface area contributed by atoms with E-state index in [1.807, 2.05) is 4.90 Å². The van der Waals surface area contributed by atoms with Crippen molar-refractivity contribution >= 4 is 5.91 Å². The quantitative estimate of drug-likeness (QED) is 0.704. The Bertz CT molecular complexity index is 278. The fourth-order valence-electron chi connectivity index (χ4n) is 2.86. The van der Waals surface area contributed by atoms with Crippen molar-refractivity contribution < 1.29 is 9.53 Å². The third kappa shape index (κ3) is 1.56. The molecular weight excluding hydrogens is 192 g/mol. The molecule has 4 nitrogen and oxygen atoms in total. The van der Waals surface area contributed by atoms with Crippen molar-refractivity contribution in [3.8, 4) is 0 Å². The number of carbonyl (C=O) groups excluding carboxylic acids is 1. The maximum atomic E-state index is 11.8. The second-order valence-corrected chi connectivity index (χ2v) is 4.96. The molecule has 0 aromatic carbocycles. The molecule has 2 saturated heterocycles. The van der Waals surface area contributed by atoms with Gasteiger partial charge in [0, 0.05) is 13.2 Å². The van der Waals surface area contributed by atoms with Crippen LogP contribution in [0.5, 0.6) is 0 Å². The summed E-state index contributed by atoms with van der Waals surface area (Å²) in [7, 11) is 0. The third-order valence-corrected chi connectivity index (χ3v) is 3.87. The Morgan fingerprint density at radius 1 is 1.27 bits per heavy atom. The molecule has 0 spiro atoms. The van der Waals surface area contributed by atoms with Crippen LogP contribution in [0.3, 0.4) is 0 Å². The molecule has 3 fully saturated rings. The summed E-state index contributed by atoms with van der Waals surface area (Å²) in [5.74, 6) is 0.846. The average Bonchev–Trinajstić information content (AvgIpc) is 2.88. The van der Waals surface area contributed by atoms with Gasteiger partial charge in [0.1, 0.15) is 0 Å². The minimum atomic E-state index is -0.259. The van der Waals surface area contributed by atoms with Gasteiger partial charge in [-0.05, 0) is 31.6 Å². The molecule has 3 rings (SSSR count). The van der Waals surface area contributed by atoms with Crippen LogP contribution in [0.2, 0.25) is 0 Å². The number of nitrogens with two attached hydrogens (primary N) is 1. The first-order chi connectivity index (χ1) is 7.27. The van der Waals surface area contributed by atoms with Gasteiger partial charge in [0.25, 0.3) is 0 Å². The van der Waals surface area contributed by atoms with Crippen LogP contribution in [0, 0.1) is 5.92 Å². The summed E-state index contributed by atoms with van der Waals surface area (Å²) in [5.41, 5.74) is 5.74. The Balaban J connectivity index is 1.72. The number of hydrogen-bond acceptors (Lipinski definition) is 3. The number of likely N-dealkylation sites (tertiary alicyclic amines) is 1. The Kier molecular flexibility index (Phi) is 2.21. The summed E-state index contributed by atoms with van der Waals surface area (Å²) in [6.45, 7) is 1.64. The highest BCUT2D eigenvalue weighted by atomic mass is 16.5. The lowest BCUT2D eigenvalue weighted by Gasteiger charge is -2.28. The monoisotopic (exact) mass is 210 g/mol. The molecule has 84 valence electrons. The van der Waals surface area contributed by atoms with Gasteiger partial charge in [-0.15, -0.1) is 0 Å². The van der Waals surface area contributed by atoms with Crippen molar-refractivity contribution in [2.24, 2.45) is 11.7 Å². The predicted molar refractivity (Wildman–Crippen MR) is 55.2 cm³/mol. The fraction of sp³-hybridized carbons (Fsp3) is 0.909. The summed E-state index contributed by atoms with van der Waals surface area (Å²) < 4.78 is 5.75. The van der Waals surface area contributed by atoms with E-state index in [2.05, 4.69) is 0 Å². The number of rotatable bonds is 2. The molecule has 3 atom stereocenters. The summed E-state index contributed by atoms with van der Waals surface area (Å²) in [6.07, 6.45) is 4.66. The van der Waals surface area contributed by atoms with Crippen LogP contribution >= 0.6 is 0 Å². The van der Waals surface area contributed by atoms with Crippen LogP contribution < -0.4 is 5.73 Å². The lowest BCUT2D eigenvalue weighted by atomic mass is 10.1. The van der Waals surface area contributed by atoms with Gasteiger partial charge >= 0.3 is 0 Å². The highest BCUT2D eigenvalue weighted by Crippen LogP contribution is 2.41. The molecule has 2 aliphatic heterocycles. The van der Waals surface area contributed by atoms with E-state index in [0.29, 0.717) is 18.1 Å². The first-order valence-corrected chi connectivity index (χ1v) is 5.95. The standard InChI is InChI=1S/C11H18N2O2/c12-8-3-5-13(11(8)14)9-4-6-15-10(9)7-1-2-7/h7-10H,1-6,12H2. The lowest BCUT2D eigenvalue weighted by molar-refractivity contribution is -0.132. The van der Waals surface area contributed by atoms with Gasteiger partial charge in [0.05, 0.1) is 18.2 Å². The minimum absolute atomic E-state index is 0.135. The number of hydrogen-bond donors (Lipinski definition) is 1. The number of ether oxygens (including phenoxy) is 1. The maximum Gasteiger partial charge on any atom is 0.239 e. The molecule has 15 heavy (non-hydrogen) atoms. The second-order valence-electron chi connectivity index (χ2n) is 4.96. The predicted octanol–water partition coefficient (Wildman–Crippen LogP) is 0.113. The first kappa shape index (κ1) is 9.60. The van der Waals surface area contributed by atoms with E-state index in [0.717, 1.165) is 26.0 Å². The summed E-state index contributed by atoms with van der Waals surface area (Å²) in [5, 5.41) is 0. The van der Waals surface area contributed by atoms with Crippen LogP contribution in [0.4, 0.5) is 0 Å². The van der Waals surface area contributed by atoms with Gasteiger partial charge < -0.3 is 15.4 Å². The van der Waals surface area contributed by atoms with E-state index in [9.17, 15) is 4.79 Å². The number of amides is 1. The Hall–Kier alpha value is -0.610. The van der Waals surface area contributed by atoms with Crippen LogP contribution in [0.1, 0.15) is 25.7 Å². The molecule has 1 aliphatic carbocycles. The zero-order valence-corrected chi connectivity index (χ0v) is 8.89. The second kappa shape index (κ2) is 3.46. The fourth-order valence-corrected chi connectivity index (χ4v) is 2.86. The van der Waals surface area contributed by atoms with Crippen molar-refractivity contribution in [2.45, 2.75) is 43.9 Å². The molecule has 4 heteroatoms. The summed E-state index contributed by atoms with van der Waals surface area (Å²) in [6, 6.07) is 0.0593. The van der Waals surface area contributed by atoms with Crippen LogP contribution in [-0.4, -0.2) is 42.1 Å². The highest BCUT2D eigenvalue weighted by molar-refractivity contribution is 5.84. The maximum absolute atomic E-state index is 11.8. The Morgan fingerprint density at radius 3 is 2.67 bits per heavy atom. The molecule has 0 radical (unpaired) electrons. The number of nitrogens with zero attached hydrogens (tertiary/aromatic N) is 1. The van der Waals surface area contributed by atoms with E-state index in [1.165, 1.54) is 12.8 Å². The number of carbonyl (C=O) groups is 1. The van der Waals surface area contributed by atoms with Gasteiger partial charge in [-0.25, -0.2) is 0 Å². The summed E-state index contributed by atoms with van der Waals surface area (Å²) >= 11 is 0. The van der Waals surface area contributed by atoms with Gasteiger partial charge in [0.15, 0.2) is 0 Å². The molecule has 0 bridgehead atoms. The van der Waals surface area contributed by atoms with Crippen molar-refractivity contribution in [3.63, 3.8) is 0 Å². The molecule has 1 amide bonds. The van der Waals surface area contributed by atoms with E-state index in [4.69, 9.17) is 10.5 Å². The Morgan fingerprint density at radius 2 is 2.07 bits per heavy atom. The van der Waals surface area contributed by atoms with Gasteiger partial charge in [-0.2, -0.15) is 0 Å². The zero-order valence-electron chi connectivity index (χ0n) is 8.89. The van der Waals surface area contributed by atoms with Crippen molar-refractivity contribution in [1.82, 2.24) is 4.90 Å². The Labute approximate surface area is 89.7 Å². The average molecular weight is 210 g/mol. The largest absolute Gasteiger partial charge is 0.376 e. The molecular formula is C11H18N2O2. The lowest BCUT2D eigenvalue weighted by Crippen LogP contribution is -2.45. The van der Waals surface area contributed by atoms with Gasteiger partial charge in [-0.3, -0.25) is 4.79 Å². The molecule has 3 aliphatic rings. The van der Waals surface area contributed by atoms with Gasteiger partial charge in [-0.1, -0.05) is 0 Å². The molecule has 0 aromatic heterocycles. The first-order valence-electron chi connectivity index (χ1n) is 5.95. The van der Waals surface area contributed by atoms with E-state index >= 15 is 0 Å². The van der Waals surface area contributed by atoms with Crippen LogP contribution in [-0.2, 0) is 9.53 Å². The van der Waals surface area contributed by atoms with Crippen molar-refractivity contribution in [2.75, 3.05) is 13.2 Å². The molecule has 3 unspecified atom stereocenters. The third-order valence-electron chi connectivity index (χ3n) is 3.87. The van der Waals surface area contributed by atoms with E-state index < -0.39 is 0 Å². The topological polar surface area (TPSA) is 55.6 Å². The van der Waals surface area contributed by atoms with E-state index in [-0.39, 0.29) is 11.9 Å². The molecule has 2 N–H and O–H groups in total. The molecule has 0 aromatic rings. The van der Waals surface area contributed by atoms with Gasteiger partial charge in [0.2, 0.25) is 5.91 Å². The minimum Gasteiger partial charge on any atom is -0.376 e. The smallest absolute Gasteiger partial charge is 0.239 e. The van der Waals surface area contributed by atoms with Crippen LogP contribution in [0.15, 0.2) is 0 Å². The summed E-state index contributed by atoms with van der Waals surface area (Å²) in [4.78, 5) is 13.8. The van der Waals surface area contributed by atoms with E-state index in [1.54, 1.807) is 0 Å². The van der Waals surface area contributed by atoms with Crippen molar-refractivity contribution in [3.05, 3.63) is 0 Å². The SMILES string of the molecule is NC1CCN(C2CCOC2C2CC2)C1=O. The molecule has 2 heterocycles. The zero-order chi connectivity index (χ0) is 10.4. The van der Waals surface area contributed by atoms with Crippen molar-refractivity contribution in [1.29, 1.82) is 0 Å². The normalized spacial score (nSPS) is 41.5. The molecule has 1 saturated carbocycles. The highest BCUT2D eigenvalue weighted by Gasteiger charge is 2.46. The van der Waals surface area contributed by atoms with Crippen LogP contribution in [0.25, 0.3) is 0 Å².